The van der Waals surface area contributed by atoms with Crippen molar-refractivity contribution in [3.63, 3.8) is 0 Å². The smallest absolute Gasteiger partial charge is 0.416 e. The van der Waals surface area contributed by atoms with Crippen molar-refractivity contribution in [2.75, 3.05) is 41.4 Å². The van der Waals surface area contributed by atoms with Crippen molar-refractivity contribution >= 4 is 23.2 Å². The second-order valence-corrected chi connectivity index (χ2v) is 10.9. The third-order valence-corrected chi connectivity index (χ3v) is 7.42. The van der Waals surface area contributed by atoms with Gasteiger partial charge in [-0.3, -0.25) is 4.90 Å². The van der Waals surface area contributed by atoms with Gasteiger partial charge >= 0.3 is 12.2 Å². The maximum absolute atomic E-state index is 13.7. The van der Waals surface area contributed by atoms with Gasteiger partial charge in [0.1, 0.15) is 12.7 Å². The van der Waals surface area contributed by atoms with Crippen molar-refractivity contribution in [1.29, 1.82) is 0 Å². The SMILES string of the molecule is Cc1cc2c(nc1-c1cccc(C(F)(F)F)c1)N(C(=O)Nc1ccnc(OC[C@@H]3COC(C)(C)O3)c1)[C@H]1CCN2C1. The minimum Gasteiger partial charge on any atom is -0.475 e. The van der Waals surface area contributed by atoms with E-state index in [2.05, 4.69) is 15.2 Å². The van der Waals surface area contributed by atoms with Crippen LogP contribution in [0.2, 0.25) is 0 Å². The molecule has 0 saturated carbocycles. The molecule has 0 unspecified atom stereocenters. The largest absolute Gasteiger partial charge is 0.475 e. The summed E-state index contributed by atoms with van der Waals surface area (Å²) >= 11 is 0. The zero-order valence-corrected chi connectivity index (χ0v) is 22.9. The number of aryl methyl sites for hydroxylation is 1. The first-order valence-electron chi connectivity index (χ1n) is 13.4. The average molecular weight is 570 g/mol. The summed E-state index contributed by atoms with van der Waals surface area (Å²) < 4.78 is 57.4. The Morgan fingerprint density at radius 1 is 1.22 bits per heavy atom. The number of nitrogens with zero attached hydrogens (tertiary/aromatic N) is 4. The number of nitrogens with one attached hydrogen (secondary N) is 1. The Balaban J connectivity index is 1.25. The molecule has 1 aromatic carbocycles. The van der Waals surface area contributed by atoms with Gasteiger partial charge in [0.25, 0.3) is 0 Å². The Labute approximate surface area is 235 Å². The minimum absolute atomic E-state index is 0.132. The first-order chi connectivity index (χ1) is 19.5. The fraction of sp³-hybridized carbons (Fsp3) is 0.414. The molecule has 6 rings (SSSR count). The van der Waals surface area contributed by atoms with Crippen LogP contribution >= 0.6 is 0 Å². The number of ether oxygens (including phenoxy) is 3. The summed E-state index contributed by atoms with van der Waals surface area (Å²) in [5.74, 6) is 0.0781. The average Bonchev–Trinajstić information content (AvgIpc) is 3.50. The van der Waals surface area contributed by atoms with E-state index in [0.29, 0.717) is 41.8 Å². The van der Waals surface area contributed by atoms with Crippen LogP contribution in [0.1, 0.15) is 31.4 Å². The monoisotopic (exact) mass is 569 g/mol. The summed E-state index contributed by atoms with van der Waals surface area (Å²) in [5, 5.41) is 2.92. The lowest BCUT2D eigenvalue weighted by Gasteiger charge is -2.36. The number of urea groups is 1. The van der Waals surface area contributed by atoms with E-state index in [1.54, 1.807) is 23.1 Å². The Morgan fingerprint density at radius 2 is 2.05 bits per heavy atom. The third-order valence-electron chi connectivity index (χ3n) is 7.42. The van der Waals surface area contributed by atoms with Crippen LogP contribution in [-0.4, -0.2) is 60.2 Å². The first kappa shape index (κ1) is 27.3. The Morgan fingerprint density at radius 3 is 2.80 bits per heavy atom. The lowest BCUT2D eigenvalue weighted by Crippen LogP contribution is -2.48. The van der Waals surface area contributed by atoms with Gasteiger partial charge in [-0.25, -0.2) is 14.8 Å². The maximum atomic E-state index is 13.7. The van der Waals surface area contributed by atoms with Gasteiger partial charge in [-0.2, -0.15) is 13.2 Å². The van der Waals surface area contributed by atoms with Gasteiger partial charge in [-0.15, -0.1) is 0 Å². The van der Waals surface area contributed by atoms with Gasteiger partial charge in [0.15, 0.2) is 11.6 Å². The number of hydrogen-bond acceptors (Lipinski definition) is 7. The number of carbonyl (C=O) groups is 1. The van der Waals surface area contributed by atoms with E-state index in [9.17, 15) is 18.0 Å². The van der Waals surface area contributed by atoms with Crippen molar-refractivity contribution in [3.05, 3.63) is 59.8 Å². The van der Waals surface area contributed by atoms with Gasteiger partial charge in [0.05, 0.1) is 29.6 Å². The highest BCUT2D eigenvalue weighted by atomic mass is 19.4. The van der Waals surface area contributed by atoms with E-state index in [1.165, 1.54) is 12.3 Å². The quantitative estimate of drug-likeness (QED) is 0.426. The Hall–Kier alpha value is -3.90. The molecular weight excluding hydrogens is 539 g/mol. The van der Waals surface area contributed by atoms with Gasteiger partial charge in [-0.1, -0.05) is 12.1 Å². The lowest BCUT2D eigenvalue weighted by atomic mass is 10.0. The second-order valence-electron chi connectivity index (χ2n) is 10.9. The molecule has 3 aliphatic heterocycles. The van der Waals surface area contributed by atoms with Gasteiger partial charge in [0.2, 0.25) is 5.88 Å². The number of aromatic nitrogens is 2. The second kappa shape index (κ2) is 10.2. The van der Waals surface area contributed by atoms with E-state index in [4.69, 9.17) is 19.2 Å². The molecule has 2 fully saturated rings. The number of fused-ring (bicyclic) bond motifs is 4. The molecule has 41 heavy (non-hydrogen) atoms. The summed E-state index contributed by atoms with van der Waals surface area (Å²) in [5.41, 5.74) is 1.97. The Bertz CT molecular complexity index is 1480. The predicted octanol–water partition coefficient (Wildman–Crippen LogP) is 5.63. The van der Waals surface area contributed by atoms with Crippen molar-refractivity contribution in [2.45, 2.75) is 51.3 Å². The molecule has 2 atom stereocenters. The van der Waals surface area contributed by atoms with Crippen LogP contribution in [0.5, 0.6) is 5.88 Å². The number of hydrogen-bond donors (Lipinski definition) is 1. The molecule has 2 bridgehead atoms. The molecule has 9 nitrogen and oxygen atoms in total. The molecular formula is C29H30F3N5O4. The molecule has 0 spiro atoms. The highest BCUT2D eigenvalue weighted by Crippen LogP contribution is 2.42. The zero-order chi connectivity index (χ0) is 28.9. The number of rotatable bonds is 5. The molecule has 1 N–H and O–H groups in total. The molecule has 0 aliphatic carbocycles. The van der Waals surface area contributed by atoms with Crippen LogP contribution in [0.25, 0.3) is 11.3 Å². The topological polar surface area (TPSA) is 89.1 Å². The summed E-state index contributed by atoms with van der Waals surface area (Å²) in [4.78, 5) is 26.5. The van der Waals surface area contributed by atoms with Gasteiger partial charge in [-0.05, 0) is 57.0 Å². The first-order valence-corrected chi connectivity index (χ1v) is 13.4. The molecule has 2 aromatic heterocycles. The van der Waals surface area contributed by atoms with Gasteiger partial charge in [0, 0.05) is 36.6 Å². The minimum atomic E-state index is -4.48. The van der Waals surface area contributed by atoms with Crippen molar-refractivity contribution in [1.82, 2.24) is 9.97 Å². The van der Waals surface area contributed by atoms with Crippen LogP contribution < -0.4 is 19.9 Å². The summed E-state index contributed by atoms with van der Waals surface area (Å²) in [6.45, 7) is 7.54. The van der Waals surface area contributed by atoms with Crippen LogP contribution in [0.15, 0.2) is 48.7 Å². The normalized spacial score (nSPS) is 21.1. The van der Waals surface area contributed by atoms with Crippen molar-refractivity contribution in [3.8, 4) is 17.1 Å². The van der Waals surface area contributed by atoms with Crippen LogP contribution in [0.4, 0.5) is 35.2 Å². The maximum Gasteiger partial charge on any atom is 0.416 e. The summed E-state index contributed by atoms with van der Waals surface area (Å²) in [6, 6.07) is 9.74. The van der Waals surface area contributed by atoms with E-state index in [1.807, 2.05) is 26.8 Å². The van der Waals surface area contributed by atoms with Crippen LogP contribution in [0.3, 0.4) is 0 Å². The fourth-order valence-corrected chi connectivity index (χ4v) is 5.51. The molecule has 5 heterocycles. The molecule has 12 heteroatoms. The number of halogens is 3. The van der Waals surface area contributed by atoms with Crippen molar-refractivity contribution in [2.24, 2.45) is 0 Å². The number of benzene rings is 1. The lowest BCUT2D eigenvalue weighted by molar-refractivity contribution is -0.141. The number of amides is 2. The van der Waals surface area contributed by atoms with E-state index < -0.39 is 23.6 Å². The van der Waals surface area contributed by atoms with E-state index in [-0.39, 0.29) is 18.8 Å². The standard InChI is InChI=1S/C29H30F3N5O4/c1-17-11-23-26(35-25(17)18-5-4-6-19(12-18)29(30,31)32)37(21-8-10-36(23)14-21)27(38)34-20-7-9-33-24(13-20)39-15-22-16-40-28(2,3)41-22/h4-7,9,11-13,21-22H,8,10,14-16H2,1-3H3,(H,33,34,38)/t21-,22+/m0/s1. The summed E-state index contributed by atoms with van der Waals surface area (Å²) in [7, 11) is 0. The number of alkyl halides is 3. The molecule has 0 radical (unpaired) electrons. The fourth-order valence-electron chi connectivity index (χ4n) is 5.51. The number of anilines is 3. The molecule has 216 valence electrons. The highest BCUT2D eigenvalue weighted by molar-refractivity contribution is 6.05. The molecule has 3 aromatic rings. The molecule has 3 aliphatic rings. The Kier molecular flexibility index (Phi) is 6.77. The molecule has 2 amide bonds. The van der Waals surface area contributed by atoms with E-state index in [0.717, 1.165) is 36.3 Å². The van der Waals surface area contributed by atoms with Gasteiger partial charge < -0.3 is 24.4 Å². The predicted molar refractivity (Wildman–Crippen MR) is 146 cm³/mol. The third kappa shape index (κ3) is 5.53. The van der Waals surface area contributed by atoms with Crippen molar-refractivity contribution < 1.29 is 32.2 Å². The molecule has 2 saturated heterocycles. The highest BCUT2D eigenvalue weighted by Gasteiger charge is 2.41. The number of pyridine rings is 2. The summed E-state index contributed by atoms with van der Waals surface area (Å²) in [6.07, 6.45) is -2.43. The zero-order valence-electron chi connectivity index (χ0n) is 22.9. The van der Waals surface area contributed by atoms with Crippen LogP contribution in [0, 0.1) is 6.92 Å². The van der Waals surface area contributed by atoms with E-state index >= 15 is 0 Å². The number of carbonyl (C=O) groups excluding carboxylic acids is 1. The van der Waals surface area contributed by atoms with Crippen LogP contribution in [-0.2, 0) is 15.7 Å².